The molecule has 1 unspecified atom stereocenters. The SMILES string of the molecule is CCc1ccc(Cl)c(CC)c1NC(=O)C1CCCN(C2=NS(=O)(=O)c3ccccc32)C1. The van der Waals surface area contributed by atoms with Crippen LogP contribution in [0.25, 0.3) is 0 Å². The van der Waals surface area contributed by atoms with Crippen molar-refractivity contribution in [2.75, 3.05) is 18.4 Å². The van der Waals surface area contributed by atoms with Crippen molar-refractivity contribution in [1.82, 2.24) is 4.90 Å². The summed E-state index contributed by atoms with van der Waals surface area (Å²) in [5.41, 5.74) is 3.43. The Labute approximate surface area is 188 Å². The van der Waals surface area contributed by atoms with Gasteiger partial charge in [0.2, 0.25) is 5.91 Å². The molecule has 2 aromatic carbocycles. The predicted molar refractivity (Wildman–Crippen MR) is 123 cm³/mol. The van der Waals surface area contributed by atoms with Gasteiger partial charge in [0.15, 0.2) is 5.84 Å². The van der Waals surface area contributed by atoms with Crippen LogP contribution in [0.5, 0.6) is 0 Å². The Morgan fingerprint density at radius 3 is 2.71 bits per heavy atom. The number of sulfonamides is 1. The van der Waals surface area contributed by atoms with Gasteiger partial charge in [0.05, 0.1) is 5.92 Å². The van der Waals surface area contributed by atoms with Crippen molar-refractivity contribution in [3.63, 3.8) is 0 Å². The highest BCUT2D eigenvalue weighted by Crippen LogP contribution is 2.32. The second-order valence-corrected chi connectivity index (χ2v) is 9.91. The lowest BCUT2D eigenvalue weighted by molar-refractivity contribution is -0.121. The monoisotopic (exact) mass is 459 g/mol. The molecule has 1 saturated heterocycles. The molecule has 0 aliphatic carbocycles. The predicted octanol–water partition coefficient (Wildman–Crippen LogP) is 4.26. The van der Waals surface area contributed by atoms with Crippen LogP contribution in [0.2, 0.25) is 5.02 Å². The van der Waals surface area contributed by atoms with Crippen LogP contribution in [0.4, 0.5) is 5.69 Å². The van der Waals surface area contributed by atoms with E-state index >= 15 is 0 Å². The van der Waals surface area contributed by atoms with Crippen molar-refractivity contribution >= 4 is 39.1 Å². The molecule has 1 N–H and O–H groups in total. The molecule has 0 saturated carbocycles. The number of hydrogen-bond donors (Lipinski definition) is 1. The van der Waals surface area contributed by atoms with Crippen LogP contribution in [0.1, 0.15) is 43.4 Å². The summed E-state index contributed by atoms with van der Waals surface area (Å²) in [7, 11) is -3.68. The largest absolute Gasteiger partial charge is 0.355 e. The minimum Gasteiger partial charge on any atom is -0.355 e. The van der Waals surface area contributed by atoms with Gasteiger partial charge in [0, 0.05) is 29.4 Å². The van der Waals surface area contributed by atoms with Gasteiger partial charge in [-0.3, -0.25) is 4.79 Å². The van der Waals surface area contributed by atoms with Crippen LogP contribution < -0.4 is 5.32 Å². The molecule has 0 aromatic heterocycles. The number of nitrogens with one attached hydrogen (secondary N) is 1. The second kappa shape index (κ2) is 8.63. The Balaban J connectivity index is 1.57. The van der Waals surface area contributed by atoms with Gasteiger partial charge in [-0.05, 0) is 55.0 Å². The molecular weight excluding hydrogens is 434 g/mol. The fourth-order valence-corrected chi connectivity index (χ4v) is 5.91. The standard InChI is InChI=1S/C23H26ClN3O3S/c1-3-15-11-12-19(24)17(4-2)21(15)25-23(28)16-8-7-13-27(14-16)22-18-9-5-6-10-20(18)31(29,30)26-22/h5-6,9-12,16H,3-4,7-8,13-14H2,1-2H3,(H,25,28). The van der Waals surface area contributed by atoms with E-state index in [1.54, 1.807) is 24.3 Å². The van der Waals surface area contributed by atoms with Gasteiger partial charge in [-0.2, -0.15) is 8.42 Å². The molecular formula is C23H26ClN3O3S. The van der Waals surface area contributed by atoms with Gasteiger partial charge in [-0.1, -0.05) is 43.6 Å². The molecule has 6 nitrogen and oxygen atoms in total. The number of aryl methyl sites for hydroxylation is 1. The molecule has 164 valence electrons. The zero-order chi connectivity index (χ0) is 22.2. The maximum Gasteiger partial charge on any atom is 0.285 e. The summed E-state index contributed by atoms with van der Waals surface area (Å²) in [6.07, 6.45) is 3.05. The summed E-state index contributed by atoms with van der Waals surface area (Å²) in [6, 6.07) is 10.7. The molecule has 2 heterocycles. The molecule has 0 radical (unpaired) electrons. The summed E-state index contributed by atoms with van der Waals surface area (Å²) >= 11 is 6.38. The van der Waals surface area contributed by atoms with E-state index in [1.165, 1.54) is 0 Å². The van der Waals surface area contributed by atoms with E-state index in [-0.39, 0.29) is 16.7 Å². The molecule has 8 heteroatoms. The van der Waals surface area contributed by atoms with E-state index in [0.717, 1.165) is 42.5 Å². The molecule has 31 heavy (non-hydrogen) atoms. The Morgan fingerprint density at radius 2 is 1.97 bits per heavy atom. The Kier molecular flexibility index (Phi) is 6.08. The van der Waals surface area contributed by atoms with Crippen LogP contribution in [0.15, 0.2) is 45.7 Å². The van der Waals surface area contributed by atoms with E-state index in [1.807, 2.05) is 24.0 Å². The van der Waals surface area contributed by atoms with E-state index in [4.69, 9.17) is 11.6 Å². The smallest absolute Gasteiger partial charge is 0.285 e. The number of rotatable bonds is 4. The Morgan fingerprint density at radius 1 is 1.19 bits per heavy atom. The second-order valence-electron chi connectivity index (χ2n) is 7.93. The number of carbonyl (C=O) groups is 1. The maximum absolute atomic E-state index is 13.2. The lowest BCUT2D eigenvalue weighted by Crippen LogP contribution is -2.43. The molecule has 1 fully saturated rings. The summed E-state index contributed by atoms with van der Waals surface area (Å²) in [5.74, 6) is 0.116. The highest BCUT2D eigenvalue weighted by molar-refractivity contribution is 7.90. The number of amidine groups is 1. The third kappa shape index (κ3) is 4.08. The number of benzene rings is 2. The number of hydrogen-bond acceptors (Lipinski definition) is 4. The van der Waals surface area contributed by atoms with Crippen LogP contribution in [-0.4, -0.2) is 38.2 Å². The summed E-state index contributed by atoms with van der Waals surface area (Å²) in [6.45, 7) is 5.17. The van der Waals surface area contributed by atoms with Crippen molar-refractivity contribution in [1.29, 1.82) is 0 Å². The molecule has 2 aliphatic heterocycles. The van der Waals surface area contributed by atoms with Crippen molar-refractivity contribution in [2.45, 2.75) is 44.4 Å². The van der Waals surface area contributed by atoms with Gasteiger partial charge in [-0.25, -0.2) is 0 Å². The van der Waals surface area contributed by atoms with E-state index < -0.39 is 10.0 Å². The molecule has 1 atom stereocenters. The topological polar surface area (TPSA) is 78.8 Å². The van der Waals surface area contributed by atoms with Gasteiger partial charge >= 0.3 is 0 Å². The normalized spacial score (nSPS) is 19.6. The van der Waals surface area contributed by atoms with Crippen molar-refractivity contribution < 1.29 is 13.2 Å². The third-order valence-corrected chi connectivity index (χ3v) is 7.71. The van der Waals surface area contributed by atoms with Gasteiger partial charge < -0.3 is 10.2 Å². The zero-order valence-electron chi connectivity index (χ0n) is 17.7. The highest BCUT2D eigenvalue weighted by atomic mass is 35.5. The number of piperidine rings is 1. The molecule has 1 amide bonds. The number of amides is 1. The lowest BCUT2D eigenvalue weighted by Gasteiger charge is -2.33. The van der Waals surface area contributed by atoms with Crippen LogP contribution >= 0.6 is 11.6 Å². The Bertz CT molecular complexity index is 1160. The fourth-order valence-electron chi connectivity index (χ4n) is 4.39. The van der Waals surface area contributed by atoms with Crippen LogP contribution in [0.3, 0.4) is 0 Å². The number of nitrogens with zero attached hydrogens (tertiary/aromatic N) is 2. The first kappa shape index (κ1) is 21.8. The summed E-state index contributed by atoms with van der Waals surface area (Å²) < 4.78 is 28.9. The maximum atomic E-state index is 13.2. The summed E-state index contributed by atoms with van der Waals surface area (Å²) in [5, 5.41) is 3.78. The van der Waals surface area contributed by atoms with E-state index in [9.17, 15) is 13.2 Å². The van der Waals surface area contributed by atoms with E-state index in [2.05, 4.69) is 16.6 Å². The molecule has 2 aromatic rings. The van der Waals surface area contributed by atoms with Crippen molar-refractivity contribution in [3.8, 4) is 0 Å². The number of likely N-dealkylation sites (tertiary alicyclic amines) is 1. The zero-order valence-corrected chi connectivity index (χ0v) is 19.3. The highest BCUT2D eigenvalue weighted by Gasteiger charge is 2.35. The molecule has 4 rings (SSSR count). The summed E-state index contributed by atoms with van der Waals surface area (Å²) in [4.78, 5) is 15.4. The minimum atomic E-state index is -3.68. The lowest BCUT2D eigenvalue weighted by atomic mass is 9.95. The average molecular weight is 460 g/mol. The average Bonchev–Trinajstić information content (AvgIpc) is 3.05. The van der Waals surface area contributed by atoms with Gasteiger partial charge in [-0.15, -0.1) is 4.40 Å². The first-order valence-corrected chi connectivity index (χ1v) is 12.5. The third-order valence-electron chi connectivity index (χ3n) is 6.03. The fraction of sp³-hybridized carbons (Fsp3) is 0.391. The first-order valence-electron chi connectivity index (χ1n) is 10.7. The van der Waals surface area contributed by atoms with E-state index in [0.29, 0.717) is 29.5 Å². The van der Waals surface area contributed by atoms with Crippen LogP contribution in [-0.2, 0) is 27.7 Å². The number of anilines is 1. The molecule has 0 spiro atoms. The quantitative estimate of drug-likeness (QED) is 0.740. The first-order chi connectivity index (χ1) is 14.9. The van der Waals surface area contributed by atoms with Gasteiger partial charge in [0.25, 0.3) is 10.0 Å². The minimum absolute atomic E-state index is 0.0638. The van der Waals surface area contributed by atoms with Gasteiger partial charge in [0.1, 0.15) is 4.90 Å². The van der Waals surface area contributed by atoms with Crippen molar-refractivity contribution in [2.24, 2.45) is 10.3 Å². The number of halogens is 1. The molecule has 0 bridgehead atoms. The van der Waals surface area contributed by atoms with Crippen molar-refractivity contribution in [3.05, 3.63) is 58.1 Å². The number of fused-ring (bicyclic) bond motifs is 1. The van der Waals surface area contributed by atoms with Crippen LogP contribution in [0, 0.1) is 5.92 Å². The molecule has 2 aliphatic rings. The Hall–Kier alpha value is -2.38. The number of carbonyl (C=O) groups excluding carboxylic acids is 1.